The van der Waals surface area contributed by atoms with Crippen LogP contribution in [0.2, 0.25) is 0 Å². The molecule has 26 heavy (non-hydrogen) atoms. The molecule has 0 aliphatic rings. The molecule has 6 nitrogen and oxygen atoms in total. The van der Waals surface area contributed by atoms with Crippen molar-refractivity contribution in [3.05, 3.63) is 72.7 Å². The number of hydrogen-bond donors (Lipinski definition) is 2. The van der Waals surface area contributed by atoms with Gasteiger partial charge in [-0.3, -0.25) is 0 Å². The SMILES string of the molecule is COc1cc(Nc2nc(-c3ccccc3)cn3ccnc23)ccc1CO. The van der Waals surface area contributed by atoms with Gasteiger partial charge in [0.2, 0.25) is 0 Å². The van der Waals surface area contributed by atoms with Gasteiger partial charge in [0.15, 0.2) is 11.5 Å². The van der Waals surface area contributed by atoms with Gasteiger partial charge >= 0.3 is 0 Å². The van der Waals surface area contributed by atoms with E-state index < -0.39 is 0 Å². The fraction of sp³-hybridized carbons (Fsp3) is 0.100. The Bertz CT molecular complexity index is 1040. The fourth-order valence-corrected chi connectivity index (χ4v) is 2.85. The van der Waals surface area contributed by atoms with Crippen LogP contribution in [-0.4, -0.2) is 26.6 Å². The van der Waals surface area contributed by atoms with Crippen molar-refractivity contribution in [1.29, 1.82) is 0 Å². The highest BCUT2D eigenvalue weighted by atomic mass is 16.5. The second-order valence-electron chi connectivity index (χ2n) is 5.81. The molecule has 0 fully saturated rings. The average molecular weight is 346 g/mol. The molecule has 0 atom stereocenters. The molecule has 2 aromatic heterocycles. The van der Waals surface area contributed by atoms with Gasteiger partial charge in [-0.2, -0.15) is 0 Å². The van der Waals surface area contributed by atoms with Crippen molar-refractivity contribution in [2.45, 2.75) is 6.61 Å². The molecule has 0 saturated heterocycles. The first kappa shape index (κ1) is 16.1. The zero-order valence-electron chi connectivity index (χ0n) is 14.3. The molecule has 4 rings (SSSR count). The van der Waals surface area contributed by atoms with E-state index in [0.717, 1.165) is 28.2 Å². The first-order valence-corrected chi connectivity index (χ1v) is 8.22. The molecule has 0 radical (unpaired) electrons. The summed E-state index contributed by atoms with van der Waals surface area (Å²) >= 11 is 0. The lowest BCUT2D eigenvalue weighted by Crippen LogP contribution is -2.01. The summed E-state index contributed by atoms with van der Waals surface area (Å²) in [7, 11) is 1.58. The monoisotopic (exact) mass is 346 g/mol. The van der Waals surface area contributed by atoms with Crippen molar-refractivity contribution < 1.29 is 9.84 Å². The van der Waals surface area contributed by atoms with E-state index in [9.17, 15) is 5.11 Å². The number of methoxy groups -OCH3 is 1. The normalized spacial score (nSPS) is 10.8. The largest absolute Gasteiger partial charge is 0.496 e. The molecule has 2 N–H and O–H groups in total. The van der Waals surface area contributed by atoms with E-state index in [1.807, 2.05) is 65.3 Å². The van der Waals surface area contributed by atoms with E-state index >= 15 is 0 Å². The minimum Gasteiger partial charge on any atom is -0.496 e. The van der Waals surface area contributed by atoms with Crippen molar-refractivity contribution >= 4 is 17.2 Å². The summed E-state index contributed by atoms with van der Waals surface area (Å²) in [5, 5.41) is 12.7. The van der Waals surface area contributed by atoms with Gasteiger partial charge in [-0.15, -0.1) is 0 Å². The third-order valence-corrected chi connectivity index (χ3v) is 4.16. The molecular weight excluding hydrogens is 328 g/mol. The Kier molecular flexibility index (Phi) is 4.25. The van der Waals surface area contributed by atoms with Crippen molar-refractivity contribution in [2.75, 3.05) is 12.4 Å². The topological polar surface area (TPSA) is 71.7 Å². The summed E-state index contributed by atoms with van der Waals surface area (Å²) in [6.45, 7) is -0.0737. The molecule has 4 aromatic rings. The van der Waals surface area contributed by atoms with Crippen molar-refractivity contribution in [3.63, 3.8) is 0 Å². The van der Waals surface area contributed by atoms with Gasteiger partial charge in [-0.05, 0) is 6.07 Å². The Balaban J connectivity index is 1.77. The van der Waals surface area contributed by atoms with Crippen LogP contribution in [0.5, 0.6) is 5.75 Å². The Labute approximate surface area is 150 Å². The molecule has 2 heterocycles. The van der Waals surface area contributed by atoms with Gasteiger partial charge in [0.1, 0.15) is 5.75 Å². The third-order valence-electron chi connectivity index (χ3n) is 4.16. The van der Waals surface area contributed by atoms with Crippen LogP contribution in [0.1, 0.15) is 5.56 Å². The molecule has 2 aromatic carbocycles. The summed E-state index contributed by atoms with van der Waals surface area (Å²) in [6.07, 6.45) is 5.59. The summed E-state index contributed by atoms with van der Waals surface area (Å²) in [6, 6.07) is 15.5. The fourth-order valence-electron chi connectivity index (χ4n) is 2.85. The van der Waals surface area contributed by atoms with E-state index in [1.165, 1.54) is 0 Å². The summed E-state index contributed by atoms with van der Waals surface area (Å²) in [5.41, 5.74) is 4.14. The number of anilines is 2. The molecule has 0 saturated carbocycles. The number of aliphatic hydroxyl groups is 1. The molecule has 0 aliphatic heterocycles. The number of imidazole rings is 1. The first-order valence-electron chi connectivity index (χ1n) is 8.22. The zero-order chi connectivity index (χ0) is 17.9. The number of nitrogens with zero attached hydrogens (tertiary/aromatic N) is 3. The first-order chi connectivity index (χ1) is 12.8. The molecule has 0 aliphatic carbocycles. The number of rotatable bonds is 5. The molecule has 6 heteroatoms. The number of aliphatic hydroxyl groups excluding tert-OH is 1. The van der Waals surface area contributed by atoms with Crippen molar-refractivity contribution in [2.24, 2.45) is 0 Å². The van der Waals surface area contributed by atoms with Gasteiger partial charge in [0.05, 0.1) is 19.4 Å². The quantitative estimate of drug-likeness (QED) is 0.577. The van der Waals surface area contributed by atoms with Gasteiger partial charge in [-0.1, -0.05) is 36.4 Å². The molecule has 0 spiro atoms. The smallest absolute Gasteiger partial charge is 0.180 e. The average Bonchev–Trinajstić information content (AvgIpc) is 3.17. The summed E-state index contributed by atoms with van der Waals surface area (Å²) < 4.78 is 7.28. The Morgan fingerprint density at radius 1 is 1.15 bits per heavy atom. The van der Waals surface area contributed by atoms with Crippen LogP contribution >= 0.6 is 0 Å². The van der Waals surface area contributed by atoms with Crippen LogP contribution in [0.15, 0.2) is 67.1 Å². The van der Waals surface area contributed by atoms with Gasteiger partial charge in [-0.25, -0.2) is 9.97 Å². The minimum absolute atomic E-state index is 0.0737. The lowest BCUT2D eigenvalue weighted by Gasteiger charge is -2.12. The highest BCUT2D eigenvalue weighted by Gasteiger charge is 2.11. The predicted octanol–water partition coefficient (Wildman–Crippen LogP) is 3.64. The lowest BCUT2D eigenvalue weighted by atomic mass is 10.1. The van der Waals surface area contributed by atoms with Gasteiger partial charge in [0.25, 0.3) is 0 Å². The van der Waals surface area contributed by atoms with E-state index in [-0.39, 0.29) is 6.61 Å². The maximum Gasteiger partial charge on any atom is 0.180 e. The van der Waals surface area contributed by atoms with Crippen LogP contribution in [-0.2, 0) is 6.61 Å². The van der Waals surface area contributed by atoms with E-state index in [2.05, 4.69) is 10.3 Å². The predicted molar refractivity (Wildman–Crippen MR) is 101 cm³/mol. The molecule has 0 unspecified atom stereocenters. The highest BCUT2D eigenvalue weighted by molar-refractivity contribution is 5.74. The Morgan fingerprint density at radius 2 is 2.00 bits per heavy atom. The van der Waals surface area contributed by atoms with Gasteiger partial charge < -0.3 is 19.6 Å². The van der Waals surface area contributed by atoms with E-state index in [1.54, 1.807) is 13.3 Å². The number of hydrogen-bond acceptors (Lipinski definition) is 5. The highest BCUT2D eigenvalue weighted by Crippen LogP contribution is 2.28. The maximum atomic E-state index is 9.38. The second kappa shape index (κ2) is 6.85. The van der Waals surface area contributed by atoms with Crippen LogP contribution < -0.4 is 10.1 Å². The zero-order valence-corrected chi connectivity index (χ0v) is 14.3. The molecule has 0 bridgehead atoms. The summed E-state index contributed by atoms with van der Waals surface area (Å²) in [4.78, 5) is 9.14. The standard InChI is InChI=1S/C20H18N4O2/c1-26-18-11-16(8-7-15(18)13-25)22-19-20-21-9-10-24(20)12-17(23-19)14-5-3-2-4-6-14/h2-12,25H,13H2,1H3,(H,22,23). The lowest BCUT2D eigenvalue weighted by molar-refractivity contribution is 0.274. The van der Waals surface area contributed by atoms with Crippen LogP contribution in [0, 0.1) is 0 Å². The minimum atomic E-state index is -0.0737. The second-order valence-corrected chi connectivity index (χ2v) is 5.81. The van der Waals surface area contributed by atoms with E-state index in [0.29, 0.717) is 11.6 Å². The number of fused-ring (bicyclic) bond motifs is 1. The van der Waals surface area contributed by atoms with Crippen LogP contribution in [0.3, 0.4) is 0 Å². The third kappa shape index (κ3) is 2.98. The number of benzene rings is 2. The molecule has 130 valence electrons. The van der Waals surface area contributed by atoms with Gasteiger partial charge in [0, 0.05) is 41.5 Å². The van der Waals surface area contributed by atoms with E-state index in [4.69, 9.17) is 9.72 Å². The Morgan fingerprint density at radius 3 is 2.77 bits per heavy atom. The van der Waals surface area contributed by atoms with Crippen molar-refractivity contribution in [1.82, 2.24) is 14.4 Å². The Hall–Kier alpha value is -3.38. The van der Waals surface area contributed by atoms with Crippen LogP contribution in [0.25, 0.3) is 16.9 Å². The summed E-state index contributed by atoms with van der Waals surface area (Å²) in [5.74, 6) is 1.27. The molecule has 0 amide bonds. The number of ether oxygens (including phenoxy) is 1. The molecular formula is C20H18N4O2. The van der Waals surface area contributed by atoms with Crippen LogP contribution in [0.4, 0.5) is 11.5 Å². The number of nitrogens with one attached hydrogen (secondary N) is 1. The number of aromatic nitrogens is 3. The maximum absolute atomic E-state index is 9.38. The van der Waals surface area contributed by atoms with Crippen molar-refractivity contribution in [3.8, 4) is 17.0 Å².